The fraction of sp³-hybridized carbons (Fsp3) is 0.533. The van der Waals surface area contributed by atoms with Crippen molar-refractivity contribution in [2.24, 2.45) is 4.99 Å². The molecule has 0 radical (unpaired) electrons. The molecule has 1 aliphatic rings. The van der Waals surface area contributed by atoms with Gasteiger partial charge in [-0.05, 0) is 44.5 Å². The second-order valence-electron chi connectivity index (χ2n) is 4.91. The molecule has 1 atom stereocenters. The lowest BCUT2D eigenvalue weighted by atomic mass is 10.3. The molecule has 2 rings (SSSR count). The molecule has 1 fully saturated rings. The molecule has 0 amide bonds. The molecule has 1 aromatic carbocycles. The Morgan fingerprint density at radius 3 is 2.67 bits per heavy atom. The van der Waals surface area contributed by atoms with E-state index >= 15 is 0 Å². The van der Waals surface area contributed by atoms with Gasteiger partial charge in [0.25, 0.3) is 0 Å². The predicted octanol–water partition coefficient (Wildman–Crippen LogP) is 3.22. The Balaban J connectivity index is 0.00000220. The molecular formula is C15H24BrIN4. The van der Waals surface area contributed by atoms with Gasteiger partial charge < -0.3 is 15.5 Å². The maximum atomic E-state index is 4.46. The van der Waals surface area contributed by atoms with E-state index in [0.717, 1.165) is 43.0 Å². The monoisotopic (exact) mass is 466 g/mol. The first kappa shape index (κ1) is 18.5. The minimum atomic E-state index is 0. The zero-order valence-corrected chi connectivity index (χ0v) is 16.5. The lowest BCUT2D eigenvalue weighted by Crippen LogP contribution is -2.44. The first-order chi connectivity index (χ1) is 9.72. The third-order valence-corrected chi connectivity index (χ3v) is 3.91. The lowest BCUT2D eigenvalue weighted by Gasteiger charge is -2.20. The molecule has 0 saturated carbocycles. The highest BCUT2D eigenvalue weighted by atomic mass is 127. The Labute approximate surface area is 152 Å². The number of anilines is 1. The van der Waals surface area contributed by atoms with Crippen molar-refractivity contribution in [3.63, 3.8) is 0 Å². The summed E-state index contributed by atoms with van der Waals surface area (Å²) in [6, 6.07) is 8.98. The highest BCUT2D eigenvalue weighted by molar-refractivity contribution is 14.0. The van der Waals surface area contributed by atoms with Crippen molar-refractivity contribution >= 4 is 51.6 Å². The zero-order valence-electron chi connectivity index (χ0n) is 12.6. The summed E-state index contributed by atoms with van der Waals surface area (Å²) in [4.78, 5) is 6.87. The molecule has 2 N–H and O–H groups in total. The largest absolute Gasteiger partial charge is 0.369 e. The Bertz CT molecular complexity index is 449. The van der Waals surface area contributed by atoms with E-state index in [2.05, 4.69) is 74.6 Å². The molecule has 6 heteroatoms. The van der Waals surface area contributed by atoms with Gasteiger partial charge in [-0.15, -0.1) is 24.0 Å². The summed E-state index contributed by atoms with van der Waals surface area (Å²) in [5, 5.41) is 6.80. The highest BCUT2D eigenvalue weighted by Crippen LogP contribution is 2.22. The number of hydrogen-bond acceptors (Lipinski definition) is 2. The van der Waals surface area contributed by atoms with Crippen LogP contribution in [0.1, 0.15) is 20.3 Å². The SMILES string of the molecule is CCN=C(NCC)NC1CCN(c2ccc(Br)cc2)C1.I. The fourth-order valence-electron chi connectivity index (χ4n) is 2.44. The third kappa shape index (κ3) is 5.65. The molecule has 0 spiro atoms. The summed E-state index contributed by atoms with van der Waals surface area (Å²) in [7, 11) is 0. The van der Waals surface area contributed by atoms with Crippen LogP contribution in [-0.2, 0) is 0 Å². The Hall–Kier alpha value is -0.500. The first-order valence-corrected chi connectivity index (χ1v) is 8.07. The van der Waals surface area contributed by atoms with E-state index in [9.17, 15) is 0 Å². The minimum absolute atomic E-state index is 0. The number of hydrogen-bond donors (Lipinski definition) is 2. The summed E-state index contributed by atoms with van der Waals surface area (Å²) >= 11 is 3.48. The van der Waals surface area contributed by atoms with Crippen LogP contribution in [-0.4, -0.2) is 38.2 Å². The molecule has 1 unspecified atom stereocenters. The van der Waals surface area contributed by atoms with Crippen molar-refractivity contribution in [2.75, 3.05) is 31.1 Å². The molecule has 1 heterocycles. The van der Waals surface area contributed by atoms with Gasteiger partial charge in [0.15, 0.2) is 5.96 Å². The molecule has 4 nitrogen and oxygen atoms in total. The summed E-state index contributed by atoms with van der Waals surface area (Å²) < 4.78 is 1.12. The number of rotatable bonds is 4. The van der Waals surface area contributed by atoms with Crippen LogP contribution >= 0.6 is 39.9 Å². The average molecular weight is 467 g/mol. The van der Waals surface area contributed by atoms with Crippen LogP contribution in [0, 0.1) is 0 Å². The van der Waals surface area contributed by atoms with Gasteiger partial charge in [-0.1, -0.05) is 15.9 Å². The minimum Gasteiger partial charge on any atom is -0.369 e. The molecule has 1 aliphatic heterocycles. The van der Waals surface area contributed by atoms with E-state index in [4.69, 9.17) is 0 Å². The van der Waals surface area contributed by atoms with Crippen LogP contribution in [0.15, 0.2) is 33.7 Å². The van der Waals surface area contributed by atoms with E-state index in [0.29, 0.717) is 6.04 Å². The molecule has 0 aromatic heterocycles. The van der Waals surface area contributed by atoms with Crippen molar-refractivity contribution in [1.29, 1.82) is 0 Å². The van der Waals surface area contributed by atoms with Gasteiger partial charge >= 0.3 is 0 Å². The topological polar surface area (TPSA) is 39.7 Å². The first-order valence-electron chi connectivity index (χ1n) is 7.28. The second kappa shape index (κ2) is 9.50. The predicted molar refractivity (Wildman–Crippen MR) is 105 cm³/mol. The molecule has 1 saturated heterocycles. The van der Waals surface area contributed by atoms with Gasteiger partial charge in [-0.3, -0.25) is 4.99 Å². The normalized spacial score (nSPS) is 18.3. The van der Waals surface area contributed by atoms with Crippen molar-refractivity contribution in [3.8, 4) is 0 Å². The van der Waals surface area contributed by atoms with Gasteiger partial charge in [0, 0.05) is 42.4 Å². The number of aliphatic imine (C=N–C) groups is 1. The van der Waals surface area contributed by atoms with Crippen LogP contribution in [0.25, 0.3) is 0 Å². The van der Waals surface area contributed by atoms with Crippen LogP contribution in [0.5, 0.6) is 0 Å². The number of benzene rings is 1. The average Bonchev–Trinajstić information content (AvgIpc) is 2.89. The molecule has 1 aromatic rings. The van der Waals surface area contributed by atoms with Crippen LogP contribution in [0.2, 0.25) is 0 Å². The summed E-state index contributed by atoms with van der Waals surface area (Å²) in [5.41, 5.74) is 1.29. The van der Waals surface area contributed by atoms with E-state index in [1.54, 1.807) is 0 Å². The number of halogens is 2. The Morgan fingerprint density at radius 1 is 1.33 bits per heavy atom. The number of nitrogens with zero attached hydrogens (tertiary/aromatic N) is 2. The van der Waals surface area contributed by atoms with Crippen molar-refractivity contribution < 1.29 is 0 Å². The molecular weight excluding hydrogens is 443 g/mol. The van der Waals surface area contributed by atoms with Gasteiger partial charge in [0.05, 0.1) is 0 Å². The maximum Gasteiger partial charge on any atom is 0.191 e. The van der Waals surface area contributed by atoms with Gasteiger partial charge in [0.2, 0.25) is 0 Å². The van der Waals surface area contributed by atoms with Crippen molar-refractivity contribution in [3.05, 3.63) is 28.7 Å². The fourth-order valence-corrected chi connectivity index (χ4v) is 2.70. The Morgan fingerprint density at radius 2 is 2.05 bits per heavy atom. The lowest BCUT2D eigenvalue weighted by molar-refractivity contribution is 0.650. The quantitative estimate of drug-likeness (QED) is 0.406. The van der Waals surface area contributed by atoms with Crippen molar-refractivity contribution in [1.82, 2.24) is 10.6 Å². The molecule has 118 valence electrons. The summed E-state index contributed by atoms with van der Waals surface area (Å²) in [5.74, 6) is 0.928. The molecule has 21 heavy (non-hydrogen) atoms. The number of nitrogens with one attached hydrogen (secondary N) is 2. The number of guanidine groups is 1. The van der Waals surface area contributed by atoms with E-state index in [1.165, 1.54) is 5.69 Å². The second-order valence-corrected chi connectivity index (χ2v) is 5.82. The van der Waals surface area contributed by atoms with Gasteiger partial charge in [-0.25, -0.2) is 0 Å². The highest BCUT2D eigenvalue weighted by Gasteiger charge is 2.23. The summed E-state index contributed by atoms with van der Waals surface area (Å²) in [6.45, 7) is 7.96. The van der Waals surface area contributed by atoms with Crippen molar-refractivity contribution in [2.45, 2.75) is 26.3 Å². The van der Waals surface area contributed by atoms with E-state index < -0.39 is 0 Å². The standard InChI is InChI=1S/C15H23BrN4.HI/c1-3-17-15(18-4-2)19-13-9-10-20(11-13)14-7-5-12(16)6-8-14;/h5-8,13H,3-4,9-11H2,1-2H3,(H2,17,18,19);1H. The van der Waals surface area contributed by atoms with E-state index in [-0.39, 0.29) is 24.0 Å². The Kier molecular flexibility index (Phi) is 8.39. The van der Waals surface area contributed by atoms with Crippen LogP contribution < -0.4 is 15.5 Å². The van der Waals surface area contributed by atoms with Crippen LogP contribution in [0.4, 0.5) is 5.69 Å². The smallest absolute Gasteiger partial charge is 0.191 e. The molecule has 0 bridgehead atoms. The van der Waals surface area contributed by atoms with Gasteiger partial charge in [-0.2, -0.15) is 0 Å². The zero-order chi connectivity index (χ0) is 14.4. The molecule has 0 aliphatic carbocycles. The third-order valence-electron chi connectivity index (χ3n) is 3.38. The summed E-state index contributed by atoms with van der Waals surface area (Å²) in [6.07, 6.45) is 1.14. The van der Waals surface area contributed by atoms with Crippen LogP contribution in [0.3, 0.4) is 0 Å². The van der Waals surface area contributed by atoms with E-state index in [1.807, 2.05) is 0 Å². The maximum absolute atomic E-state index is 4.46. The van der Waals surface area contributed by atoms with Gasteiger partial charge in [0.1, 0.15) is 0 Å².